The van der Waals surface area contributed by atoms with Crippen LogP contribution in [-0.2, 0) is 9.45 Å². The van der Waals surface area contributed by atoms with Crippen LogP contribution >= 0.6 is 12.6 Å². The second-order valence-electron chi connectivity index (χ2n) is 3.85. The number of nitrogens with one attached hydrogen (secondary N) is 1. The van der Waals surface area contributed by atoms with Crippen molar-refractivity contribution < 1.29 is 14.5 Å². The second kappa shape index (κ2) is 5.05. The average Bonchev–Trinajstić information content (AvgIpc) is 2.50. The maximum Gasteiger partial charge on any atom is 0.478 e. The number of hydrogen-bond donors (Lipinski definition) is 3. The second-order valence-corrected chi connectivity index (χ2v) is 4.41. The first-order chi connectivity index (χ1) is 6.52. The molecule has 1 aliphatic rings. The molecule has 14 heavy (non-hydrogen) atoms. The molecule has 1 aliphatic heterocycles. The molecule has 0 aromatic carbocycles. The molecule has 0 aromatic rings. The fraction of sp³-hybridized carbons (Fsp3) is 0.875. The van der Waals surface area contributed by atoms with Crippen LogP contribution in [0.25, 0.3) is 0 Å². The highest BCUT2D eigenvalue weighted by Gasteiger charge is 2.34. The zero-order valence-electron chi connectivity index (χ0n) is 8.43. The summed E-state index contributed by atoms with van der Waals surface area (Å²) in [6.45, 7) is 4.35. The molecular formula is C8H16BNO3S. The van der Waals surface area contributed by atoms with E-state index in [1.165, 1.54) is 0 Å². The summed E-state index contributed by atoms with van der Waals surface area (Å²) in [6.07, 6.45) is 0.658. The molecule has 6 heteroatoms. The maximum atomic E-state index is 11.5. The lowest BCUT2D eigenvalue weighted by molar-refractivity contribution is -0.121. The van der Waals surface area contributed by atoms with Crippen molar-refractivity contribution >= 4 is 25.7 Å². The van der Waals surface area contributed by atoms with Crippen LogP contribution in [0.1, 0.15) is 20.3 Å². The van der Waals surface area contributed by atoms with Gasteiger partial charge in [-0.05, 0) is 12.3 Å². The molecule has 1 saturated heterocycles. The number of thiol groups is 1. The SMILES string of the molecule is CC(C)C(S)C(=O)NC1CCOB1O. The Morgan fingerprint density at radius 2 is 2.36 bits per heavy atom. The number of amides is 1. The van der Waals surface area contributed by atoms with Gasteiger partial charge in [-0.1, -0.05) is 13.8 Å². The monoisotopic (exact) mass is 217 g/mol. The van der Waals surface area contributed by atoms with Crippen molar-refractivity contribution in [3.63, 3.8) is 0 Å². The minimum atomic E-state index is -0.869. The first-order valence-electron chi connectivity index (χ1n) is 4.80. The molecule has 1 fully saturated rings. The Morgan fingerprint density at radius 3 is 2.79 bits per heavy atom. The van der Waals surface area contributed by atoms with Crippen molar-refractivity contribution in [2.24, 2.45) is 5.92 Å². The van der Waals surface area contributed by atoms with Crippen LogP contribution < -0.4 is 5.32 Å². The first kappa shape index (κ1) is 11.9. The summed E-state index contributed by atoms with van der Waals surface area (Å²) in [5, 5.41) is 11.7. The average molecular weight is 217 g/mol. The lowest BCUT2D eigenvalue weighted by Crippen LogP contribution is -2.47. The summed E-state index contributed by atoms with van der Waals surface area (Å²) in [5.41, 5.74) is 0. The van der Waals surface area contributed by atoms with E-state index >= 15 is 0 Å². The molecule has 0 aliphatic carbocycles. The highest BCUT2D eigenvalue weighted by atomic mass is 32.1. The molecular weight excluding hydrogens is 201 g/mol. The highest BCUT2D eigenvalue weighted by molar-refractivity contribution is 7.81. The Kier molecular flexibility index (Phi) is 4.28. The Bertz CT molecular complexity index is 215. The highest BCUT2D eigenvalue weighted by Crippen LogP contribution is 2.12. The zero-order valence-corrected chi connectivity index (χ0v) is 9.33. The quantitative estimate of drug-likeness (QED) is 0.455. The van der Waals surface area contributed by atoms with Gasteiger partial charge >= 0.3 is 7.12 Å². The van der Waals surface area contributed by atoms with Crippen LogP contribution in [0.4, 0.5) is 0 Å². The minimum absolute atomic E-state index is 0.141. The van der Waals surface area contributed by atoms with Crippen LogP contribution in [0.15, 0.2) is 0 Å². The van der Waals surface area contributed by atoms with E-state index in [1.54, 1.807) is 0 Å². The van der Waals surface area contributed by atoms with Gasteiger partial charge in [0.05, 0.1) is 11.2 Å². The smallest absolute Gasteiger partial charge is 0.426 e. The summed E-state index contributed by atoms with van der Waals surface area (Å²) in [5.74, 6) is -0.244. The summed E-state index contributed by atoms with van der Waals surface area (Å²) in [7, 11) is -0.869. The van der Waals surface area contributed by atoms with Gasteiger partial charge in [0.1, 0.15) is 0 Å². The van der Waals surface area contributed by atoms with Crippen molar-refractivity contribution in [3.8, 4) is 0 Å². The molecule has 4 nitrogen and oxygen atoms in total. The summed E-state index contributed by atoms with van der Waals surface area (Å²) < 4.78 is 4.92. The lowest BCUT2D eigenvalue weighted by atomic mass is 9.80. The molecule has 0 aromatic heterocycles. The Hall–Kier alpha value is -0.195. The fourth-order valence-corrected chi connectivity index (χ4v) is 1.36. The summed E-state index contributed by atoms with van der Waals surface area (Å²) in [6, 6.07) is 0. The van der Waals surface area contributed by atoms with Gasteiger partial charge in [0.25, 0.3) is 0 Å². The topological polar surface area (TPSA) is 58.6 Å². The van der Waals surface area contributed by atoms with Crippen LogP contribution in [0, 0.1) is 5.92 Å². The number of rotatable bonds is 3. The number of hydrogen-bond acceptors (Lipinski definition) is 4. The van der Waals surface area contributed by atoms with E-state index in [-0.39, 0.29) is 23.0 Å². The van der Waals surface area contributed by atoms with Gasteiger partial charge in [-0.25, -0.2) is 0 Å². The largest absolute Gasteiger partial charge is 0.478 e. The van der Waals surface area contributed by atoms with Crippen LogP contribution in [0.2, 0.25) is 0 Å². The van der Waals surface area contributed by atoms with Crippen LogP contribution in [-0.4, -0.2) is 35.8 Å². The van der Waals surface area contributed by atoms with E-state index in [2.05, 4.69) is 17.9 Å². The van der Waals surface area contributed by atoms with Gasteiger partial charge in [0.15, 0.2) is 0 Å². The fourth-order valence-electron chi connectivity index (χ4n) is 1.29. The third-order valence-corrected chi connectivity index (χ3v) is 3.12. The van der Waals surface area contributed by atoms with Crippen molar-refractivity contribution in [2.45, 2.75) is 31.5 Å². The summed E-state index contributed by atoms with van der Waals surface area (Å²) in [4.78, 5) is 11.5. The molecule has 2 N–H and O–H groups in total. The third-order valence-electron chi connectivity index (χ3n) is 2.29. The normalized spacial score (nSPS) is 24.1. The number of carbonyl (C=O) groups excluding carboxylic acids is 1. The van der Waals surface area contributed by atoms with Gasteiger partial charge in [-0.3, -0.25) is 4.79 Å². The molecule has 2 atom stereocenters. The Morgan fingerprint density at radius 1 is 1.71 bits per heavy atom. The standard InChI is InChI=1S/C8H16BNO3S/c1-5(2)7(14)8(11)10-6-3-4-13-9(6)12/h5-7,12,14H,3-4H2,1-2H3,(H,10,11). The molecule has 80 valence electrons. The zero-order chi connectivity index (χ0) is 10.7. The third kappa shape index (κ3) is 2.90. The van der Waals surface area contributed by atoms with Crippen molar-refractivity contribution in [3.05, 3.63) is 0 Å². The Balaban J connectivity index is 2.40. The molecule has 0 radical (unpaired) electrons. The van der Waals surface area contributed by atoms with Gasteiger partial charge in [0.2, 0.25) is 5.91 Å². The summed E-state index contributed by atoms with van der Waals surface area (Å²) >= 11 is 4.19. The predicted molar refractivity (Wildman–Crippen MR) is 58.1 cm³/mol. The number of carbonyl (C=O) groups is 1. The maximum absolute atomic E-state index is 11.5. The lowest BCUT2D eigenvalue weighted by Gasteiger charge is -2.18. The van der Waals surface area contributed by atoms with Crippen molar-refractivity contribution in [2.75, 3.05) is 6.61 Å². The minimum Gasteiger partial charge on any atom is -0.426 e. The van der Waals surface area contributed by atoms with Crippen LogP contribution in [0.5, 0.6) is 0 Å². The Labute approximate surface area is 90.0 Å². The van der Waals surface area contributed by atoms with Crippen molar-refractivity contribution in [1.82, 2.24) is 5.32 Å². The molecule has 2 unspecified atom stereocenters. The van der Waals surface area contributed by atoms with E-state index < -0.39 is 7.12 Å². The van der Waals surface area contributed by atoms with Gasteiger partial charge in [0, 0.05) is 6.61 Å². The van der Waals surface area contributed by atoms with E-state index in [0.717, 1.165) is 0 Å². The van der Waals surface area contributed by atoms with E-state index in [4.69, 9.17) is 4.65 Å². The van der Waals surface area contributed by atoms with Gasteiger partial charge < -0.3 is 15.0 Å². The molecule has 1 rings (SSSR count). The molecule has 1 amide bonds. The van der Waals surface area contributed by atoms with E-state index in [0.29, 0.717) is 13.0 Å². The van der Waals surface area contributed by atoms with Crippen molar-refractivity contribution in [1.29, 1.82) is 0 Å². The molecule has 0 saturated carbocycles. The molecule has 1 heterocycles. The molecule has 0 spiro atoms. The first-order valence-corrected chi connectivity index (χ1v) is 5.32. The van der Waals surface area contributed by atoms with Gasteiger partial charge in [-0.15, -0.1) is 0 Å². The van der Waals surface area contributed by atoms with Gasteiger partial charge in [-0.2, -0.15) is 12.6 Å². The van der Waals surface area contributed by atoms with Crippen LogP contribution in [0.3, 0.4) is 0 Å². The molecule has 0 bridgehead atoms. The van der Waals surface area contributed by atoms with E-state index in [1.807, 2.05) is 13.8 Å². The predicted octanol–water partition coefficient (Wildman–Crippen LogP) is -0.134. The van der Waals surface area contributed by atoms with E-state index in [9.17, 15) is 9.82 Å².